The van der Waals surface area contributed by atoms with Gasteiger partial charge in [-0.2, -0.15) is 8.78 Å². The van der Waals surface area contributed by atoms with Crippen LogP contribution in [-0.2, 0) is 17.6 Å². The molecule has 31 heavy (non-hydrogen) atoms. The molecular weight excluding hydrogens is 412 g/mol. The molecule has 0 unspecified atom stereocenters. The van der Waals surface area contributed by atoms with Crippen LogP contribution in [0.4, 0.5) is 17.6 Å². The molecule has 1 aliphatic heterocycles. The van der Waals surface area contributed by atoms with Crippen molar-refractivity contribution in [2.45, 2.75) is 26.2 Å². The van der Waals surface area contributed by atoms with Gasteiger partial charge in [0.2, 0.25) is 11.6 Å². The lowest BCUT2D eigenvalue weighted by Crippen LogP contribution is -2.10. The first kappa shape index (κ1) is 22.5. The number of methoxy groups -OCH3 is 1. The van der Waals surface area contributed by atoms with E-state index in [0.29, 0.717) is 16.7 Å². The Morgan fingerprint density at radius 2 is 1.81 bits per heavy atom. The molecule has 0 spiro atoms. The summed E-state index contributed by atoms with van der Waals surface area (Å²) in [4.78, 5) is 0. The van der Waals surface area contributed by atoms with E-state index >= 15 is 4.39 Å². The molecule has 0 aromatic heterocycles. The fourth-order valence-electron chi connectivity index (χ4n) is 3.25. The van der Waals surface area contributed by atoms with Crippen LogP contribution in [0.3, 0.4) is 0 Å². The van der Waals surface area contributed by atoms with Crippen molar-refractivity contribution in [3.05, 3.63) is 88.7 Å². The van der Waals surface area contributed by atoms with Crippen molar-refractivity contribution in [2.24, 2.45) is 0 Å². The van der Waals surface area contributed by atoms with E-state index in [1.54, 1.807) is 19.1 Å². The number of aryl methyl sites for hydroxylation is 1. The summed E-state index contributed by atoms with van der Waals surface area (Å²) in [6.45, 7) is 8.99. The monoisotopic (exact) mass is 434 g/mol. The number of rotatable bonds is 8. The lowest BCUT2D eigenvalue weighted by molar-refractivity contribution is 0.285. The standard InChI is InChI=1S/C24H22F4O3/c1-5-30-19-12-17-11-16-9-8-15(7-6-13(2)10-18(25)14(3)29-4)20(26)23(16)31-24(17)22(28)21(19)27/h8-10,12H,2-3,5-7,11H2,1,4H3/b18-10+. The normalized spacial score (nSPS) is 12.5. The number of benzene rings is 2. The van der Waals surface area contributed by atoms with Crippen LogP contribution in [0.25, 0.3) is 0 Å². The van der Waals surface area contributed by atoms with E-state index in [1.807, 2.05) is 0 Å². The second-order valence-corrected chi connectivity index (χ2v) is 7.01. The second-order valence-electron chi connectivity index (χ2n) is 7.01. The van der Waals surface area contributed by atoms with Crippen LogP contribution < -0.4 is 9.47 Å². The first-order chi connectivity index (χ1) is 14.8. The van der Waals surface area contributed by atoms with Gasteiger partial charge in [-0.15, -0.1) is 0 Å². The zero-order valence-corrected chi connectivity index (χ0v) is 17.3. The third-order valence-corrected chi connectivity index (χ3v) is 4.91. The lowest BCUT2D eigenvalue weighted by atomic mass is 9.96. The summed E-state index contributed by atoms with van der Waals surface area (Å²) in [5.74, 6) is -4.57. The minimum atomic E-state index is -1.22. The fraction of sp³-hybridized carbons (Fsp3) is 0.250. The van der Waals surface area contributed by atoms with Crippen molar-refractivity contribution in [3.63, 3.8) is 0 Å². The molecule has 0 N–H and O–H groups in total. The molecule has 1 aliphatic rings. The van der Waals surface area contributed by atoms with Gasteiger partial charge in [-0.3, -0.25) is 0 Å². The number of halogens is 4. The molecule has 0 atom stereocenters. The van der Waals surface area contributed by atoms with Crippen molar-refractivity contribution in [2.75, 3.05) is 13.7 Å². The highest BCUT2D eigenvalue weighted by molar-refractivity contribution is 5.54. The summed E-state index contributed by atoms with van der Waals surface area (Å²) in [7, 11) is 1.30. The van der Waals surface area contributed by atoms with Gasteiger partial charge in [-0.05, 0) is 37.5 Å². The Hall–Kier alpha value is -3.22. The van der Waals surface area contributed by atoms with E-state index in [9.17, 15) is 13.2 Å². The topological polar surface area (TPSA) is 27.7 Å². The molecule has 2 aromatic carbocycles. The molecule has 2 aromatic rings. The van der Waals surface area contributed by atoms with Crippen LogP contribution in [0.2, 0.25) is 0 Å². The Morgan fingerprint density at radius 3 is 2.48 bits per heavy atom. The molecule has 0 saturated heterocycles. The summed E-state index contributed by atoms with van der Waals surface area (Å²) >= 11 is 0. The molecule has 0 bridgehead atoms. The molecule has 1 heterocycles. The molecule has 7 heteroatoms. The maximum Gasteiger partial charge on any atom is 0.205 e. The highest BCUT2D eigenvalue weighted by Gasteiger charge is 2.28. The minimum Gasteiger partial charge on any atom is -0.494 e. The van der Waals surface area contributed by atoms with Gasteiger partial charge < -0.3 is 14.2 Å². The highest BCUT2D eigenvalue weighted by Crippen LogP contribution is 2.43. The van der Waals surface area contributed by atoms with Gasteiger partial charge in [-0.25, -0.2) is 8.78 Å². The number of allylic oxidation sites excluding steroid dienone is 3. The molecule has 164 valence electrons. The summed E-state index contributed by atoms with van der Waals surface area (Å²) in [5, 5.41) is 0. The maximum absolute atomic E-state index is 15.1. The van der Waals surface area contributed by atoms with E-state index in [1.165, 1.54) is 19.3 Å². The second kappa shape index (κ2) is 9.29. The van der Waals surface area contributed by atoms with Crippen LogP contribution >= 0.6 is 0 Å². The van der Waals surface area contributed by atoms with Gasteiger partial charge in [0.05, 0.1) is 13.7 Å². The SMILES string of the molecule is C=C(/C=C(/F)C(=C)OC)CCc1ccc2c(c1F)Oc1c(cc(OCC)c(F)c1F)C2. The lowest BCUT2D eigenvalue weighted by Gasteiger charge is -2.23. The summed E-state index contributed by atoms with van der Waals surface area (Å²) < 4.78 is 72.8. The van der Waals surface area contributed by atoms with Gasteiger partial charge in [0, 0.05) is 17.5 Å². The third kappa shape index (κ3) is 4.60. The molecular formula is C24H22F4O3. The molecule has 0 aliphatic carbocycles. The zero-order valence-electron chi connectivity index (χ0n) is 17.3. The van der Waals surface area contributed by atoms with Gasteiger partial charge in [0.25, 0.3) is 0 Å². The number of ether oxygens (including phenoxy) is 3. The van der Waals surface area contributed by atoms with Gasteiger partial charge in [0.15, 0.2) is 28.9 Å². The molecule has 0 radical (unpaired) electrons. The fourth-order valence-corrected chi connectivity index (χ4v) is 3.25. The van der Waals surface area contributed by atoms with Crippen molar-refractivity contribution in [1.29, 1.82) is 0 Å². The average Bonchev–Trinajstić information content (AvgIpc) is 2.75. The van der Waals surface area contributed by atoms with Crippen molar-refractivity contribution in [1.82, 2.24) is 0 Å². The third-order valence-electron chi connectivity index (χ3n) is 4.91. The molecule has 0 saturated carbocycles. The number of hydrogen-bond donors (Lipinski definition) is 0. The van der Waals surface area contributed by atoms with E-state index in [2.05, 4.69) is 13.2 Å². The Bertz CT molecular complexity index is 1070. The van der Waals surface area contributed by atoms with E-state index < -0.39 is 23.3 Å². The van der Waals surface area contributed by atoms with E-state index in [-0.39, 0.29) is 54.4 Å². The number of fused-ring (bicyclic) bond motifs is 2. The first-order valence-corrected chi connectivity index (χ1v) is 9.66. The smallest absolute Gasteiger partial charge is 0.205 e. The van der Waals surface area contributed by atoms with Crippen LogP contribution in [0.15, 0.2) is 54.6 Å². The maximum atomic E-state index is 15.1. The quantitative estimate of drug-likeness (QED) is 0.224. The largest absolute Gasteiger partial charge is 0.494 e. The van der Waals surface area contributed by atoms with Crippen LogP contribution in [0.1, 0.15) is 30.0 Å². The van der Waals surface area contributed by atoms with Gasteiger partial charge in [-0.1, -0.05) is 30.9 Å². The molecule has 0 amide bonds. The van der Waals surface area contributed by atoms with E-state index in [0.717, 1.165) is 0 Å². The van der Waals surface area contributed by atoms with Crippen molar-refractivity contribution < 1.29 is 31.8 Å². The predicted molar refractivity (Wildman–Crippen MR) is 110 cm³/mol. The van der Waals surface area contributed by atoms with Crippen molar-refractivity contribution >= 4 is 0 Å². The van der Waals surface area contributed by atoms with E-state index in [4.69, 9.17) is 14.2 Å². The highest BCUT2D eigenvalue weighted by atomic mass is 19.2. The molecule has 3 nitrogen and oxygen atoms in total. The average molecular weight is 434 g/mol. The summed E-state index contributed by atoms with van der Waals surface area (Å²) in [6, 6.07) is 4.63. The van der Waals surface area contributed by atoms with Gasteiger partial charge >= 0.3 is 0 Å². The molecule has 0 fully saturated rings. The van der Waals surface area contributed by atoms with Crippen LogP contribution in [0, 0.1) is 17.5 Å². The summed E-state index contributed by atoms with van der Waals surface area (Å²) in [5.41, 5.74) is 1.57. The van der Waals surface area contributed by atoms with Crippen molar-refractivity contribution in [3.8, 4) is 17.2 Å². The van der Waals surface area contributed by atoms with Crippen LogP contribution in [-0.4, -0.2) is 13.7 Å². The first-order valence-electron chi connectivity index (χ1n) is 9.66. The molecule has 3 rings (SSSR count). The number of hydrogen-bond acceptors (Lipinski definition) is 3. The Kier molecular flexibility index (Phi) is 6.73. The van der Waals surface area contributed by atoms with Crippen LogP contribution in [0.5, 0.6) is 17.2 Å². The minimum absolute atomic E-state index is 0.130. The van der Waals surface area contributed by atoms with Gasteiger partial charge in [0.1, 0.15) is 5.76 Å². The predicted octanol–water partition coefficient (Wildman–Crippen LogP) is 6.70. The Balaban J connectivity index is 1.82. The Labute approximate surface area is 178 Å². The zero-order chi connectivity index (χ0) is 22.7. The Morgan fingerprint density at radius 1 is 1.10 bits per heavy atom. The summed E-state index contributed by atoms with van der Waals surface area (Å²) in [6.07, 6.45) is 1.80.